The molecule has 4 rings (SSSR count). The number of benzene rings is 2. The molecule has 0 bridgehead atoms. The third kappa shape index (κ3) is 4.11. The van der Waals surface area contributed by atoms with E-state index in [2.05, 4.69) is 20.8 Å². The Morgan fingerprint density at radius 3 is 2.59 bits per heavy atom. The van der Waals surface area contributed by atoms with Crippen molar-refractivity contribution < 1.29 is 9.53 Å². The lowest BCUT2D eigenvalue weighted by Gasteiger charge is -2.16. The molecule has 1 saturated carbocycles. The number of hydrogen-bond acceptors (Lipinski definition) is 6. The summed E-state index contributed by atoms with van der Waals surface area (Å²) in [6.45, 7) is 0. The van der Waals surface area contributed by atoms with Crippen molar-refractivity contribution in [2.45, 2.75) is 29.3 Å². The topological polar surface area (TPSA) is 81.9 Å². The van der Waals surface area contributed by atoms with Gasteiger partial charge in [0.1, 0.15) is 11.0 Å². The Hall–Kier alpha value is -2.87. The Bertz CT molecular complexity index is 909. The van der Waals surface area contributed by atoms with E-state index in [1.807, 2.05) is 54.6 Å². The van der Waals surface area contributed by atoms with Crippen LogP contribution in [0, 0.1) is 0 Å². The minimum atomic E-state index is -0.421. The highest BCUT2D eigenvalue weighted by Crippen LogP contribution is 2.36. The third-order valence-corrected chi connectivity index (χ3v) is 5.43. The Balaban J connectivity index is 1.61. The summed E-state index contributed by atoms with van der Waals surface area (Å²) < 4.78 is 6.82. The molecule has 138 valence electrons. The molecule has 0 saturated heterocycles. The van der Waals surface area contributed by atoms with Crippen LogP contribution in [0.2, 0.25) is 0 Å². The van der Waals surface area contributed by atoms with Crippen LogP contribution in [-0.2, 0) is 4.79 Å². The summed E-state index contributed by atoms with van der Waals surface area (Å²) >= 11 is 1.34. The van der Waals surface area contributed by atoms with E-state index in [1.165, 1.54) is 11.8 Å². The van der Waals surface area contributed by atoms with Gasteiger partial charge in [0.2, 0.25) is 11.1 Å². The summed E-state index contributed by atoms with van der Waals surface area (Å²) in [6.07, 6.45) is 2.09. The first-order valence-corrected chi connectivity index (χ1v) is 9.57. The maximum atomic E-state index is 12.8. The number of nitrogens with one attached hydrogen (secondary N) is 1. The quantitative estimate of drug-likeness (QED) is 0.634. The number of hydrogen-bond donors (Lipinski definition) is 1. The average molecular weight is 381 g/mol. The predicted molar refractivity (Wildman–Crippen MR) is 102 cm³/mol. The number of carbonyl (C=O) groups excluding carboxylic acids is 1. The maximum Gasteiger partial charge on any atom is 0.238 e. The van der Waals surface area contributed by atoms with Crippen LogP contribution in [0.15, 0.2) is 59.8 Å². The molecule has 1 heterocycles. The minimum absolute atomic E-state index is 0.0158. The van der Waals surface area contributed by atoms with E-state index in [9.17, 15) is 4.79 Å². The van der Waals surface area contributed by atoms with Gasteiger partial charge >= 0.3 is 0 Å². The van der Waals surface area contributed by atoms with Crippen LogP contribution in [0.25, 0.3) is 5.69 Å². The number of methoxy groups -OCH3 is 1. The van der Waals surface area contributed by atoms with Crippen LogP contribution in [0.5, 0.6) is 5.75 Å². The highest BCUT2D eigenvalue weighted by Gasteiger charge is 2.30. The Morgan fingerprint density at radius 2 is 1.93 bits per heavy atom. The molecule has 1 atom stereocenters. The van der Waals surface area contributed by atoms with E-state index < -0.39 is 5.25 Å². The normalized spacial score (nSPS) is 14.6. The lowest BCUT2D eigenvalue weighted by Crippen LogP contribution is -2.29. The Kier molecular flexibility index (Phi) is 5.06. The van der Waals surface area contributed by atoms with Crippen molar-refractivity contribution >= 4 is 17.7 Å². The molecule has 3 aromatic rings. The summed E-state index contributed by atoms with van der Waals surface area (Å²) in [7, 11) is 1.62. The Morgan fingerprint density at radius 1 is 1.19 bits per heavy atom. The molecule has 1 aliphatic carbocycles. The van der Waals surface area contributed by atoms with Crippen molar-refractivity contribution in [1.29, 1.82) is 0 Å². The van der Waals surface area contributed by atoms with Crippen molar-refractivity contribution in [3.8, 4) is 11.4 Å². The standard InChI is InChI=1S/C19H19N5O2S/c1-26-16-11-9-15(10-12-16)24-19(21-22-23-24)27-17(13-5-3-2-4-6-13)18(25)20-14-7-8-14/h2-6,9-12,14,17H,7-8H2,1H3,(H,20,25)/t17-/m0/s1. The highest BCUT2D eigenvalue weighted by atomic mass is 32.2. The van der Waals surface area contributed by atoms with Gasteiger partial charge in [0.25, 0.3) is 0 Å². The molecular formula is C19H19N5O2S. The molecule has 8 heteroatoms. The number of thioether (sulfide) groups is 1. The highest BCUT2D eigenvalue weighted by molar-refractivity contribution is 8.00. The fraction of sp³-hybridized carbons (Fsp3) is 0.263. The number of tetrazole rings is 1. The SMILES string of the molecule is COc1ccc(-n2nnnc2S[C@H](C(=O)NC2CC2)c2ccccc2)cc1. The molecule has 0 unspecified atom stereocenters. The van der Waals surface area contributed by atoms with E-state index in [1.54, 1.807) is 11.8 Å². The summed E-state index contributed by atoms with van der Waals surface area (Å²) in [6, 6.07) is 17.4. The van der Waals surface area contributed by atoms with Crippen molar-refractivity contribution in [2.24, 2.45) is 0 Å². The second-order valence-electron chi connectivity index (χ2n) is 6.26. The number of nitrogens with zero attached hydrogens (tertiary/aromatic N) is 4. The summed E-state index contributed by atoms with van der Waals surface area (Å²) in [5.41, 5.74) is 1.72. The van der Waals surface area contributed by atoms with Gasteiger partial charge in [-0.25, -0.2) is 0 Å². The zero-order chi connectivity index (χ0) is 18.6. The van der Waals surface area contributed by atoms with Gasteiger partial charge in [-0.05, 0) is 53.1 Å². The van der Waals surface area contributed by atoms with Gasteiger partial charge in [0, 0.05) is 6.04 Å². The van der Waals surface area contributed by atoms with Gasteiger partial charge in [-0.15, -0.1) is 5.10 Å². The Labute approximate surface area is 161 Å². The average Bonchev–Trinajstić information content (AvgIpc) is 3.40. The molecule has 1 aromatic heterocycles. The molecule has 0 radical (unpaired) electrons. The molecule has 1 N–H and O–H groups in total. The van der Waals surface area contributed by atoms with E-state index >= 15 is 0 Å². The molecule has 1 fully saturated rings. The van der Waals surface area contributed by atoms with E-state index in [0.717, 1.165) is 29.8 Å². The largest absolute Gasteiger partial charge is 0.497 e. The third-order valence-electron chi connectivity index (χ3n) is 4.25. The monoisotopic (exact) mass is 381 g/mol. The van der Waals surface area contributed by atoms with Gasteiger partial charge in [-0.2, -0.15) is 4.68 Å². The van der Waals surface area contributed by atoms with Crippen molar-refractivity contribution in [2.75, 3.05) is 7.11 Å². The van der Waals surface area contributed by atoms with Crippen LogP contribution >= 0.6 is 11.8 Å². The van der Waals surface area contributed by atoms with E-state index in [0.29, 0.717) is 11.2 Å². The number of carbonyl (C=O) groups is 1. The first-order valence-electron chi connectivity index (χ1n) is 8.69. The second kappa shape index (κ2) is 7.79. The van der Waals surface area contributed by atoms with E-state index in [-0.39, 0.29) is 5.91 Å². The van der Waals surface area contributed by atoms with Gasteiger partial charge in [-0.1, -0.05) is 42.1 Å². The van der Waals surface area contributed by atoms with Crippen LogP contribution in [0.1, 0.15) is 23.7 Å². The first kappa shape index (κ1) is 17.5. The summed E-state index contributed by atoms with van der Waals surface area (Å²) in [5, 5.41) is 15.2. The molecule has 0 aliphatic heterocycles. The molecule has 27 heavy (non-hydrogen) atoms. The smallest absolute Gasteiger partial charge is 0.238 e. The molecular weight excluding hydrogens is 362 g/mol. The summed E-state index contributed by atoms with van der Waals surface area (Å²) in [5.74, 6) is 0.741. The molecule has 1 amide bonds. The zero-order valence-electron chi connectivity index (χ0n) is 14.8. The lowest BCUT2D eigenvalue weighted by atomic mass is 10.1. The van der Waals surface area contributed by atoms with Crippen molar-refractivity contribution in [3.05, 3.63) is 60.2 Å². The minimum Gasteiger partial charge on any atom is -0.497 e. The van der Waals surface area contributed by atoms with Crippen LogP contribution in [0.4, 0.5) is 0 Å². The van der Waals surface area contributed by atoms with Crippen LogP contribution < -0.4 is 10.1 Å². The number of aromatic nitrogens is 4. The molecule has 1 aliphatic rings. The van der Waals surface area contributed by atoms with Gasteiger partial charge in [0.05, 0.1) is 12.8 Å². The predicted octanol–water partition coefficient (Wildman–Crippen LogP) is 2.78. The fourth-order valence-electron chi connectivity index (χ4n) is 2.65. The zero-order valence-corrected chi connectivity index (χ0v) is 15.6. The molecule has 0 spiro atoms. The maximum absolute atomic E-state index is 12.8. The van der Waals surface area contributed by atoms with Gasteiger partial charge in [-0.3, -0.25) is 4.79 Å². The lowest BCUT2D eigenvalue weighted by molar-refractivity contribution is -0.120. The molecule has 2 aromatic carbocycles. The number of ether oxygens (including phenoxy) is 1. The van der Waals surface area contributed by atoms with Crippen LogP contribution in [0.3, 0.4) is 0 Å². The number of rotatable bonds is 7. The van der Waals surface area contributed by atoms with Gasteiger partial charge < -0.3 is 10.1 Å². The first-order chi connectivity index (χ1) is 13.2. The van der Waals surface area contributed by atoms with Crippen molar-refractivity contribution in [1.82, 2.24) is 25.5 Å². The van der Waals surface area contributed by atoms with Crippen LogP contribution in [-0.4, -0.2) is 39.3 Å². The number of amides is 1. The van der Waals surface area contributed by atoms with Gasteiger partial charge in [0.15, 0.2) is 0 Å². The fourth-order valence-corrected chi connectivity index (χ4v) is 3.65. The summed E-state index contributed by atoms with van der Waals surface area (Å²) in [4.78, 5) is 12.8. The van der Waals surface area contributed by atoms with E-state index in [4.69, 9.17) is 4.74 Å². The molecule has 7 nitrogen and oxygen atoms in total. The second-order valence-corrected chi connectivity index (χ2v) is 7.33. The van der Waals surface area contributed by atoms with Crippen molar-refractivity contribution in [3.63, 3.8) is 0 Å².